The Morgan fingerprint density at radius 3 is 1.83 bits per heavy atom. The summed E-state index contributed by atoms with van der Waals surface area (Å²) in [4.78, 5) is 82.5. The highest BCUT2D eigenvalue weighted by molar-refractivity contribution is 7.09. The Bertz CT molecular complexity index is 2200. The first-order chi connectivity index (χ1) is 28.0. The van der Waals surface area contributed by atoms with Gasteiger partial charge in [0.25, 0.3) is 0 Å². The van der Waals surface area contributed by atoms with Crippen molar-refractivity contribution in [3.63, 3.8) is 0 Å². The number of aliphatic carboxylic acids is 1. The van der Waals surface area contributed by atoms with Crippen molar-refractivity contribution in [2.75, 3.05) is 5.32 Å². The van der Waals surface area contributed by atoms with E-state index in [1.165, 1.54) is 11.3 Å². The minimum Gasteiger partial charge on any atom is -0.481 e. The summed E-state index contributed by atoms with van der Waals surface area (Å²) in [6.07, 6.45) is -0.612. The second kappa shape index (κ2) is 19.6. The fourth-order valence-corrected chi connectivity index (χ4v) is 7.56. The van der Waals surface area contributed by atoms with Crippen LogP contribution in [0.5, 0.6) is 0 Å². The van der Waals surface area contributed by atoms with Crippen LogP contribution in [0.4, 0.5) is 5.69 Å². The topological polar surface area (TPSA) is 197 Å². The third-order valence-corrected chi connectivity index (χ3v) is 10.9. The molecular formula is C45H45N5O7S. The van der Waals surface area contributed by atoms with E-state index in [2.05, 4.69) is 21.3 Å². The lowest BCUT2D eigenvalue weighted by molar-refractivity contribution is -0.144. The first kappa shape index (κ1) is 41.2. The van der Waals surface area contributed by atoms with Crippen LogP contribution in [-0.2, 0) is 54.5 Å². The van der Waals surface area contributed by atoms with Crippen molar-refractivity contribution in [1.82, 2.24) is 16.0 Å². The Morgan fingerprint density at radius 1 is 0.603 bits per heavy atom. The van der Waals surface area contributed by atoms with E-state index in [0.717, 1.165) is 21.6 Å². The summed E-state index contributed by atoms with van der Waals surface area (Å²) in [5.41, 5.74) is 10.5. The number of carboxylic acids is 1. The number of fused-ring (bicyclic) bond motifs is 18. The van der Waals surface area contributed by atoms with E-state index in [-0.39, 0.29) is 32.1 Å². The number of hydrogen-bond acceptors (Lipinski definition) is 8. The van der Waals surface area contributed by atoms with Gasteiger partial charge in [0.15, 0.2) is 5.78 Å². The van der Waals surface area contributed by atoms with Gasteiger partial charge in [-0.3, -0.25) is 28.8 Å². The molecule has 2 aliphatic heterocycles. The second-order valence-electron chi connectivity index (χ2n) is 14.4. The zero-order valence-corrected chi connectivity index (χ0v) is 32.5. The number of nitrogens with two attached hydrogens (primary N) is 1. The van der Waals surface area contributed by atoms with Crippen molar-refractivity contribution < 1.29 is 33.9 Å². The fourth-order valence-electron chi connectivity index (χ4n) is 6.81. The number of Topliss-reactive ketones (excluding diaryl/α,β-unsaturated/α-hetero) is 1. The number of thiophene rings is 1. The van der Waals surface area contributed by atoms with Crippen molar-refractivity contribution in [2.45, 2.75) is 62.7 Å². The molecule has 5 aromatic rings. The molecule has 7 rings (SSSR count). The van der Waals surface area contributed by atoms with E-state index in [9.17, 15) is 33.9 Å². The van der Waals surface area contributed by atoms with E-state index in [4.69, 9.17) is 5.73 Å². The van der Waals surface area contributed by atoms with Crippen molar-refractivity contribution in [3.05, 3.63) is 148 Å². The van der Waals surface area contributed by atoms with Crippen LogP contribution in [-0.4, -0.2) is 64.7 Å². The molecule has 4 aromatic carbocycles. The zero-order valence-electron chi connectivity index (χ0n) is 31.6. The number of anilines is 1. The van der Waals surface area contributed by atoms with E-state index in [1.807, 2.05) is 90.3 Å². The maximum absolute atomic E-state index is 14.4. The number of hydrogen-bond donors (Lipinski definition) is 6. The number of carboxylic acid groups (broad SMARTS) is 1. The van der Waals surface area contributed by atoms with Gasteiger partial charge in [-0.25, -0.2) is 0 Å². The predicted octanol–water partition coefficient (Wildman–Crippen LogP) is 4.47. The number of carbonyl (C=O) groups excluding carboxylic acids is 5. The zero-order chi connectivity index (χ0) is 41.0. The molecule has 0 aliphatic carbocycles. The molecule has 0 fully saturated rings. The average Bonchev–Trinajstić information content (AvgIpc) is 3.74. The molecule has 7 N–H and O–H groups in total. The summed E-state index contributed by atoms with van der Waals surface area (Å²) in [5.74, 6) is -5.41. The maximum atomic E-state index is 14.4. The molecule has 0 saturated carbocycles. The number of carbonyl (C=O) groups is 6. The number of rotatable bonds is 8. The molecule has 5 atom stereocenters. The first-order valence-electron chi connectivity index (χ1n) is 19.0. The van der Waals surface area contributed by atoms with Gasteiger partial charge in [0.2, 0.25) is 23.6 Å². The Balaban J connectivity index is 1.35. The highest BCUT2D eigenvalue weighted by Gasteiger charge is 2.33. The van der Waals surface area contributed by atoms with Crippen LogP contribution < -0.4 is 27.0 Å². The van der Waals surface area contributed by atoms with E-state index >= 15 is 0 Å². The van der Waals surface area contributed by atoms with Crippen LogP contribution >= 0.6 is 11.3 Å². The van der Waals surface area contributed by atoms with Gasteiger partial charge in [0.05, 0.1) is 24.4 Å². The Labute approximate surface area is 340 Å². The Morgan fingerprint density at radius 2 is 1.19 bits per heavy atom. The van der Waals surface area contributed by atoms with Crippen molar-refractivity contribution >= 4 is 52.4 Å². The molecule has 13 heteroatoms. The Hall–Kier alpha value is -6.44. The van der Waals surface area contributed by atoms with Gasteiger partial charge in [-0.05, 0) is 64.2 Å². The summed E-state index contributed by atoms with van der Waals surface area (Å²) >= 11 is 1.39. The van der Waals surface area contributed by atoms with Gasteiger partial charge < -0.3 is 32.1 Å². The molecule has 0 unspecified atom stereocenters. The highest BCUT2D eigenvalue weighted by atomic mass is 32.1. The van der Waals surface area contributed by atoms with Gasteiger partial charge in [0, 0.05) is 29.8 Å². The average molecular weight is 800 g/mol. The third kappa shape index (κ3) is 11.6. The van der Waals surface area contributed by atoms with Crippen LogP contribution in [0.1, 0.15) is 34.4 Å². The molecule has 3 heterocycles. The largest absolute Gasteiger partial charge is 0.481 e. The molecule has 12 nitrogen and oxygen atoms in total. The molecule has 0 radical (unpaired) electrons. The molecule has 1 aromatic heterocycles. The molecule has 0 saturated heterocycles. The van der Waals surface area contributed by atoms with Crippen molar-refractivity contribution in [1.29, 1.82) is 0 Å². The summed E-state index contributed by atoms with van der Waals surface area (Å²) in [7, 11) is 0. The summed E-state index contributed by atoms with van der Waals surface area (Å²) < 4.78 is 0. The van der Waals surface area contributed by atoms with E-state index in [0.29, 0.717) is 16.8 Å². The molecule has 2 bridgehead atoms. The summed E-state index contributed by atoms with van der Waals surface area (Å²) in [6, 6.07) is 31.7. The van der Waals surface area contributed by atoms with E-state index in [1.54, 1.807) is 36.4 Å². The first-order valence-corrected chi connectivity index (χ1v) is 19.9. The fraction of sp³-hybridized carbons (Fsp3) is 0.244. The smallest absolute Gasteiger partial charge is 0.307 e. The van der Waals surface area contributed by atoms with Gasteiger partial charge in [-0.1, -0.05) is 103 Å². The highest BCUT2D eigenvalue weighted by Crippen LogP contribution is 2.22. The number of nitrogens with one attached hydrogen (secondary N) is 4. The summed E-state index contributed by atoms with van der Waals surface area (Å²) in [5, 5.41) is 23.2. The SMILES string of the molecule is N[C@@H]1CC(=O)N[C@H](Cc2cccs2)C(=O)N[C@@H](Cc2ccc(-c3ccccc3)cc2)C(=O)N[C@H](Cc2ccccc2)C(=O)C[C@H](C(=O)O)Cc2ccc(cc2)NC1=O. The van der Waals surface area contributed by atoms with Gasteiger partial charge in [0.1, 0.15) is 12.1 Å². The molecular weight excluding hydrogens is 755 g/mol. The van der Waals surface area contributed by atoms with Crippen molar-refractivity contribution in [2.24, 2.45) is 11.7 Å². The number of ketones is 1. The standard InChI is InChI=1S/C45H45N5O7S/c46-36-27-41(52)48-39(26-35-12-7-21-58-35)44(55)50-38(24-30-13-17-32(18-14-30)31-10-5-2-6-11-31)43(54)49-37(23-28-8-3-1-4-9-28)40(51)25-33(45(56)57)22-29-15-19-34(20-16-29)47-42(36)53/h1-21,33,36-39H,22-27,46H2,(H,47,53)(H,48,52)(H,49,54)(H,50,55)(H,56,57)/t33-,36-,37-,38+,39-/m1/s1. The van der Waals surface area contributed by atoms with Crippen LogP contribution in [0.3, 0.4) is 0 Å². The lowest BCUT2D eigenvalue weighted by atomic mass is 9.90. The quantitative estimate of drug-likeness (QED) is 0.124. The Kier molecular flexibility index (Phi) is 13.9. The minimum absolute atomic E-state index is 0.00424. The number of benzene rings is 4. The van der Waals surface area contributed by atoms with Crippen LogP contribution in [0.2, 0.25) is 0 Å². The third-order valence-electron chi connectivity index (χ3n) is 10.0. The van der Waals surface area contributed by atoms with Crippen LogP contribution in [0.25, 0.3) is 11.1 Å². The maximum Gasteiger partial charge on any atom is 0.307 e. The van der Waals surface area contributed by atoms with Gasteiger partial charge in [-0.2, -0.15) is 0 Å². The molecule has 4 amide bonds. The monoisotopic (exact) mass is 799 g/mol. The van der Waals surface area contributed by atoms with Gasteiger partial charge >= 0.3 is 5.97 Å². The van der Waals surface area contributed by atoms with Gasteiger partial charge in [-0.15, -0.1) is 11.3 Å². The number of amides is 4. The molecule has 2 aliphatic rings. The van der Waals surface area contributed by atoms with E-state index < -0.39 is 71.9 Å². The lowest BCUT2D eigenvalue weighted by Crippen LogP contribution is -2.57. The second-order valence-corrected chi connectivity index (χ2v) is 15.4. The lowest BCUT2D eigenvalue weighted by Gasteiger charge is -2.26. The van der Waals surface area contributed by atoms with Crippen molar-refractivity contribution in [3.8, 4) is 11.1 Å². The molecule has 58 heavy (non-hydrogen) atoms. The summed E-state index contributed by atoms with van der Waals surface area (Å²) in [6.45, 7) is 0. The van der Waals surface area contributed by atoms with Crippen LogP contribution in [0, 0.1) is 5.92 Å². The molecule has 0 spiro atoms. The predicted molar refractivity (Wildman–Crippen MR) is 222 cm³/mol. The normalized spacial score (nSPS) is 21.2. The minimum atomic E-state index is -1.26. The van der Waals surface area contributed by atoms with Crippen LogP contribution in [0.15, 0.2) is 127 Å². The molecule has 298 valence electrons.